The first-order valence-electron chi connectivity index (χ1n) is 6.61. The van der Waals surface area contributed by atoms with Crippen molar-refractivity contribution < 1.29 is 9.84 Å². The van der Waals surface area contributed by atoms with Gasteiger partial charge in [-0.1, -0.05) is 19.3 Å². The van der Waals surface area contributed by atoms with Gasteiger partial charge in [-0.15, -0.1) is 0 Å². The van der Waals surface area contributed by atoms with Crippen LogP contribution in [0, 0.1) is 5.92 Å². The minimum absolute atomic E-state index is 0.0104. The van der Waals surface area contributed by atoms with Crippen LogP contribution in [0.4, 0.5) is 0 Å². The summed E-state index contributed by atoms with van der Waals surface area (Å²) in [5, 5.41) is 9.06. The lowest BCUT2D eigenvalue weighted by Crippen LogP contribution is -2.20. The summed E-state index contributed by atoms with van der Waals surface area (Å²) in [6.07, 6.45) is 8.14. The fourth-order valence-corrected chi connectivity index (χ4v) is 2.66. The largest absolute Gasteiger partial charge is 0.390 e. The van der Waals surface area contributed by atoms with E-state index < -0.39 is 0 Å². The molecule has 1 aromatic heterocycles. The molecule has 1 heterocycles. The fraction of sp³-hybridized carbons (Fsp3) is 0.769. The third-order valence-electron chi connectivity index (χ3n) is 3.51. The van der Waals surface area contributed by atoms with Crippen molar-refractivity contribution in [2.24, 2.45) is 5.92 Å². The van der Waals surface area contributed by atoms with E-state index in [0.717, 1.165) is 11.5 Å². The Morgan fingerprint density at radius 2 is 2.24 bits per heavy atom. The summed E-state index contributed by atoms with van der Waals surface area (Å²) in [5.41, 5.74) is 0.764. The van der Waals surface area contributed by atoms with Gasteiger partial charge in [-0.2, -0.15) is 0 Å². The van der Waals surface area contributed by atoms with Crippen molar-refractivity contribution in [2.75, 3.05) is 6.61 Å². The van der Waals surface area contributed by atoms with Crippen LogP contribution in [0.5, 0.6) is 0 Å². The average Bonchev–Trinajstić information content (AvgIpc) is 2.85. The molecule has 2 rings (SSSR count). The monoisotopic (exact) mass is 238 g/mol. The van der Waals surface area contributed by atoms with Gasteiger partial charge in [0, 0.05) is 6.61 Å². The van der Waals surface area contributed by atoms with Crippen LogP contribution in [0.1, 0.15) is 56.7 Å². The van der Waals surface area contributed by atoms with Gasteiger partial charge in [0.15, 0.2) is 0 Å². The smallest absolute Gasteiger partial charge is 0.135 e. The van der Waals surface area contributed by atoms with Gasteiger partial charge in [-0.25, -0.2) is 4.98 Å². The number of aromatic nitrogens is 2. The highest BCUT2D eigenvalue weighted by atomic mass is 16.5. The van der Waals surface area contributed by atoms with Crippen molar-refractivity contribution >= 4 is 0 Å². The zero-order chi connectivity index (χ0) is 12.1. The molecule has 4 nitrogen and oxygen atoms in total. The number of nitrogens with zero attached hydrogens (tertiary/aromatic N) is 1. The van der Waals surface area contributed by atoms with E-state index in [0.29, 0.717) is 12.5 Å². The molecule has 4 heteroatoms. The van der Waals surface area contributed by atoms with Crippen LogP contribution in [-0.4, -0.2) is 21.7 Å². The van der Waals surface area contributed by atoms with E-state index in [1.54, 1.807) is 6.20 Å². The number of hydrogen-bond donors (Lipinski definition) is 2. The Hall–Kier alpha value is -0.870. The molecule has 0 aromatic carbocycles. The first kappa shape index (κ1) is 12.6. The van der Waals surface area contributed by atoms with Crippen molar-refractivity contribution in [3.63, 3.8) is 0 Å². The Bertz CT molecular complexity index is 332. The molecule has 0 bridgehead atoms. The molecule has 17 heavy (non-hydrogen) atoms. The van der Waals surface area contributed by atoms with Crippen LogP contribution in [0.2, 0.25) is 0 Å². The highest BCUT2D eigenvalue weighted by Gasteiger charge is 2.27. The Balaban J connectivity index is 2.09. The first-order chi connectivity index (χ1) is 8.35. The maximum absolute atomic E-state index is 9.06. The summed E-state index contributed by atoms with van der Waals surface area (Å²) in [6, 6.07) is 0. The van der Waals surface area contributed by atoms with Crippen LogP contribution in [0.15, 0.2) is 6.20 Å². The van der Waals surface area contributed by atoms with Crippen LogP contribution in [0.3, 0.4) is 0 Å². The van der Waals surface area contributed by atoms with Gasteiger partial charge in [-0.05, 0) is 25.7 Å². The Labute approximate surface area is 102 Å². The predicted molar refractivity (Wildman–Crippen MR) is 65.5 cm³/mol. The summed E-state index contributed by atoms with van der Waals surface area (Å²) in [7, 11) is 0. The molecular formula is C13H22N2O2. The number of rotatable bonds is 5. The summed E-state index contributed by atoms with van der Waals surface area (Å²) in [5.74, 6) is 1.45. The molecule has 1 aliphatic rings. The average molecular weight is 238 g/mol. The maximum atomic E-state index is 9.06. The SMILES string of the molecule is CCOC(c1ncc(CO)[nH]1)C1CCCCC1. The van der Waals surface area contributed by atoms with Gasteiger partial charge in [0.25, 0.3) is 0 Å². The quantitative estimate of drug-likeness (QED) is 0.828. The first-order valence-corrected chi connectivity index (χ1v) is 6.61. The molecule has 0 aliphatic heterocycles. The lowest BCUT2D eigenvalue weighted by molar-refractivity contribution is 0.000229. The number of aliphatic hydroxyl groups excluding tert-OH is 1. The second kappa shape index (κ2) is 6.17. The van der Waals surface area contributed by atoms with Gasteiger partial charge in [-0.3, -0.25) is 0 Å². The highest BCUT2D eigenvalue weighted by molar-refractivity contribution is 5.04. The topological polar surface area (TPSA) is 58.1 Å². The van der Waals surface area contributed by atoms with E-state index in [4.69, 9.17) is 9.84 Å². The standard InChI is InChI=1S/C13H22N2O2/c1-2-17-12(10-6-4-3-5-7-10)13-14-8-11(9-16)15-13/h8,10,12,16H,2-7,9H2,1H3,(H,14,15). The lowest BCUT2D eigenvalue weighted by Gasteiger charge is -2.28. The molecule has 96 valence electrons. The second-order valence-electron chi connectivity index (χ2n) is 4.73. The van der Waals surface area contributed by atoms with Crippen LogP contribution in [-0.2, 0) is 11.3 Å². The molecule has 1 unspecified atom stereocenters. The van der Waals surface area contributed by atoms with Crippen molar-refractivity contribution in [1.82, 2.24) is 9.97 Å². The number of imidazole rings is 1. The van der Waals surface area contributed by atoms with Crippen LogP contribution < -0.4 is 0 Å². The predicted octanol–water partition coefficient (Wildman–Crippen LogP) is 2.56. The van der Waals surface area contributed by atoms with Gasteiger partial charge in [0.2, 0.25) is 0 Å². The van der Waals surface area contributed by atoms with E-state index in [9.17, 15) is 0 Å². The summed E-state index contributed by atoms with van der Waals surface area (Å²) in [6.45, 7) is 2.73. The molecule has 2 N–H and O–H groups in total. The molecule has 0 amide bonds. The Morgan fingerprint density at radius 1 is 1.47 bits per heavy atom. The zero-order valence-corrected chi connectivity index (χ0v) is 10.5. The lowest BCUT2D eigenvalue weighted by atomic mass is 9.85. The molecule has 1 atom stereocenters. The molecular weight excluding hydrogens is 216 g/mol. The minimum atomic E-state index is 0.0104. The van der Waals surface area contributed by atoms with E-state index >= 15 is 0 Å². The van der Waals surface area contributed by atoms with Gasteiger partial charge >= 0.3 is 0 Å². The summed E-state index contributed by atoms with van der Waals surface area (Å²) < 4.78 is 5.85. The molecule has 1 aliphatic carbocycles. The van der Waals surface area contributed by atoms with E-state index in [1.165, 1.54) is 32.1 Å². The van der Waals surface area contributed by atoms with E-state index in [1.807, 2.05) is 6.92 Å². The third kappa shape index (κ3) is 3.07. The van der Waals surface area contributed by atoms with Gasteiger partial charge in [0.05, 0.1) is 18.5 Å². The number of nitrogens with one attached hydrogen (secondary N) is 1. The number of ether oxygens (including phenoxy) is 1. The van der Waals surface area contributed by atoms with E-state index in [2.05, 4.69) is 9.97 Å². The van der Waals surface area contributed by atoms with Gasteiger partial charge in [0.1, 0.15) is 11.9 Å². The Morgan fingerprint density at radius 3 is 2.82 bits per heavy atom. The van der Waals surface area contributed by atoms with Gasteiger partial charge < -0.3 is 14.8 Å². The summed E-state index contributed by atoms with van der Waals surface area (Å²) in [4.78, 5) is 7.50. The second-order valence-corrected chi connectivity index (χ2v) is 4.73. The van der Waals surface area contributed by atoms with Crippen molar-refractivity contribution in [2.45, 2.75) is 51.7 Å². The normalized spacial score (nSPS) is 19.4. The molecule has 1 saturated carbocycles. The van der Waals surface area contributed by atoms with Crippen LogP contribution in [0.25, 0.3) is 0 Å². The fourth-order valence-electron chi connectivity index (χ4n) is 2.66. The maximum Gasteiger partial charge on any atom is 0.135 e. The van der Waals surface area contributed by atoms with E-state index in [-0.39, 0.29) is 12.7 Å². The minimum Gasteiger partial charge on any atom is -0.390 e. The number of hydrogen-bond acceptors (Lipinski definition) is 3. The molecule has 1 aromatic rings. The van der Waals surface area contributed by atoms with Crippen molar-refractivity contribution in [3.05, 3.63) is 17.7 Å². The molecule has 1 fully saturated rings. The number of H-pyrrole nitrogens is 1. The summed E-state index contributed by atoms with van der Waals surface area (Å²) >= 11 is 0. The molecule has 0 spiro atoms. The van der Waals surface area contributed by atoms with Crippen molar-refractivity contribution in [1.29, 1.82) is 0 Å². The highest BCUT2D eigenvalue weighted by Crippen LogP contribution is 2.35. The third-order valence-corrected chi connectivity index (χ3v) is 3.51. The van der Waals surface area contributed by atoms with Crippen molar-refractivity contribution in [3.8, 4) is 0 Å². The number of aromatic amines is 1. The number of aliphatic hydroxyl groups is 1. The molecule has 0 saturated heterocycles. The Kier molecular flexibility index (Phi) is 4.57. The zero-order valence-electron chi connectivity index (χ0n) is 10.5. The molecule has 0 radical (unpaired) electrons. The van der Waals surface area contributed by atoms with Crippen LogP contribution >= 0.6 is 0 Å².